The molecule has 0 bridgehead atoms. The molecule has 0 radical (unpaired) electrons. The van der Waals surface area contributed by atoms with Gasteiger partial charge in [-0.3, -0.25) is 0 Å². The number of carboxylic acid groups (broad SMARTS) is 1. The van der Waals surface area contributed by atoms with Gasteiger partial charge in [0.25, 0.3) is 0 Å². The topological polar surface area (TPSA) is 50.2 Å². The van der Waals surface area contributed by atoms with Crippen LogP contribution in [0.2, 0.25) is 5.02 Å². The molecule has 4 aromatic rings. The van der Waals surface area contributed by atoms with Gasteiger partial charge in [-0.1, -0.05) is 48.0 Å². The zero-order valence-electron chi connectivity index (χ0n) is 14.0. The van der Waals surface area contributed by atoms with Crippen molar-refractivity contribution in [3.05, 3.63) is 89.2 Å². The molecule has 0 atom stereocenters. The van der Waals surface area contributed by atoms with E-state index in [4.69, 9.17) is 11.6 Å². The summed E-state index contributed by atoms with van der Waals surface area (Å²) in [4.78, 5) is 16.2. The molecule has 0 aliphatic heterocycles. The molecule has 0 unspecified atom stereocenters. The molecule has 3 nitrogen and oxygen atoms in total. The highest BCUT2D eigenvalue weighted by atomic mass is 35.5. The SMILES string of the molecule is O=C(O)c1cc(-c2ccc(-c3ccc(F)cc3)cc2)nc2ccc(Cl)cc12. The van der Waals surface area contributed by atoms with Crippen molar-refractivity contribution in [3.63, 3.8) is 0 Å². The van der Waals surface area contributed by atoms with E-state index >= 15 is 0 Å². The predicted molar refractivity (Wildman–Crippen MR) is 105 cm³/mol. The average molecular weight is 378 g/mol. The maximum atomic E-state index is 13.1. The average Bonchev–Trinajstić information content (AvgIpc) is 2.68. The first kappa shape index (κ1) is 17.2. The van der Waals surface area contributed by atoms with E-state index in [0.29, 0.717) is 21.6 Å². The molecule has 1 N–H and O–H groups in total. The number of carbonyl (C=O) groups is 1. The highest BCUT2D eigenvalue weighted by Crippen LogP contribution is 2.29. The second-order valence-corrected chi connectivity index (χ2v) is 6.54. The summed E-state index contributed by atoms with van der Waals surface area (Å²) in [5, 5.41) is 10.5. The Morgan fingerprint density at radius 1 is 0.852 bits per heavy atom. The third-order valence-electron chi connectivity index (χ3n) is 4.36. The lowest BCUT2D eigenvalue weighted by Gasteiger charge is -2.09. The van der Waals surface area contributed by atoms with Gasteiger partial charge in [0.2, 0.25) is 0 Å². The van der Waals surface area contributed by atoms with E-state index < -0.39 is 5.97 Å². The molecular formula is C22H13ClFNO2. The molecule has 1 aromatic heterocycles. The number of hydrogen-bond donors (Lipinski definition) is 1. The number of rotatable bonds is 3. The lowest BCUT2D eigenvalue weighted by molar-refractivity contribution is 0.0699. The molecule has 27 heavy (non-hydrogen) atoms. The number of hydrogen-bond acceptors (Lipinski definition) is 2. The van der Waals surface area contributed by atoms with E-state index in [1.54, 1.807) is 36.4 Å². The number of nitrogens with zero attached hydrogens (tertiary/aromatic N) is 1. The zero-order chi connectivity index (χ0) is 19.0. The van der Waals surface area contributed by atoms with E-state index in [-0.39, 0.29) is 11.4 Å². The summed E-state index contributed by atoms with van der Waals surface area (Å²) < 4.78 is 13.1. The summed E-state index contributed by atoms with van der Waals surface area (Å²) in [5.74, 6) is -1.31. The van der Waals surface area contributed by atoms with Crippen molar-refractivity contribution in [3.8, 4) is 22.4 Å². The van der Waals surface area contributed by atoms with Gasteiger partial charge in [-0.25, -0.2) is 14.2 Å². The van der Waals surface area contributed by atoms with Crippen molar-refractivity contribution in [1.82, 2.24) is 4.98 Å². The molecule has 0 saturated heterocycles. The quantitative estimate of drug-likeness (QED) is 0.472. The van der Waals surface area contributed by atoms with E-state index in [0.717, 1.165) is 16.7 Å². The number of pyridine rings is 1. The minimum absolute atomic E-state index is 0.153. The van der Waals surface area contributed by atoms with Crippen LogP contribution in [0, 0.1) is 5.82 Å². The maximum Gasteiger partial charge on any atom is 0.336 e. The molecule has 5 heteroatoms. The van der Waals surface area contributed by atoms with Crippen LogP contribution in [-0.4, -0.2) is 16.1 Å². The third-order valence-corrected chi connectivity index (χ3v) is 4.59. The normalized spacial score (nSPS) is 10.9. The van der Waals surface area contributed by atoms with Crippen molar-refractivity contribution in [2.75, 3.05) is 0 Å². The van der Waals surface area contributed by atoms with Crippen LogP contribution in [0.3, 0.4) is 0 Å². The van der Waals surface area contributed by atoms with Gasteiger partial charge in [-0.05, 0) is 47.5 Å². The highest BCUT2D eigenvalue weighted by Gasteiger charge is 2.13. The fraction of sp³-hybridized carbons (Fsp3) is 0. The van der Waals surface area contributed by atoms with E-state index in [1.165, 1.54) is 12.1 Å². The van der Waals surface area contributed by atoms with Crippen LogP contribution in [0.15, 0.2) is 72.8 Å². The maximum absolute atomic E-state index is 13.1. The van der Waals surface area contributed by atoms with Gasteiger partial charge in [0.1, 0.15) is 5.82 Å². The summed E-state index contributed by atoms with van der Waals surface area (Å²) >= 11 is 5.99. The molecule has 3 aromatic carbocycles. The number of aromatic carboxylic acids is 1. The van der Waals surface area contributed by atoms with Crippen LogP contribution < -0.4 is 0 Å². The van der Waals surface area contributed by atoms with Gasteiger partial charge in [-0.2, -0.15) is 0 Å². The minimum Gasteiger partial charge on any atom is -0.478 e. The summed E-state index contributed by atoms with van der Waals surface area (Å²) in [7, 11) is 0. The second-order valence-electron chi connectivity index (χ2n) is 6.11. The Bertz CT molecular complexity index is 1160. The van der Waals surface area contributed by atoms with Gasteiger partial charge in [0.05, 0.1) is 16.8 Å². The number of halogens is 2. The largest absolute Gasteiger partial charge is 0.478 e. The van der Waals surface area contributed by atoms with Gasteiger partial charge < -0.3 is 5.11 Å². The van der Waals surface area contributed by atoms with Crippen molar-refractivity contribution in [2.24, 2.45) is 0 Å². The van der Waals surface area contributed by atoms with Crippen LogP contribution in [0.5, 0.6) is 0 Å². The van der Waals surface area contributed by atoms with Gasteiger partial charge in [0.15, 0.2) is 0 Å². The lowest BCUT2D eigenvalue weighted by atomic mass is 10.0. The molecule has 0 fully saturated rings. The standard InChI is InChI=1S/C22H13ClFNO2/c23-16-7-10-20-18(11-16)19(22(26)27)12-21(25-20)15-3-1-13(2-4-15)14-5-8-17(24)9-6-14/h1-12H,(H,26,27). The second kappa shape index (κ2) is 6.82. The predicted octanol–water partition coefficient (Wildman–Crippen LogP) is 6.06. The molecule has 0 aliphatic rings. The van der Waals surface area contributed by atoms with Crippen LogP contribution in [0.1, 0.15) is 10.4 Å². The summed E-state index contributed by atoms with van der Waals surface area (Å²) in [6.07, 6.45) is 0. The van der Waals surface area contributed by atoms with Gasteiger partial charge in [0, 0.05) is 16.0 Å². The number of carboxylic acids is 1. The van der Waals surface area contributed by atoms with Crippen LogP contribution in [0.25, 0.3) is 33.3 Å². The van der Waals surface area contributed by atoms with Gasteiger partial charge in [-0.15, -0.1) is 0 Å². The van der Waals surface area contributed by atoms with Crippen LogP contribution in [-0.2, 0) is 0 Å². The minimum atomic E-state index is -1.03. The summed E-state index contributed by atoms with van der Waals surface area (Å²) in [6.45, 7) is 0. The Morgan fingerprint density at radius 2 is 1.44 bits per heavy atom. The molecule has 132 valence electrons. The van der Waals surface area contributed by atoms with Crippen molar-refractivity contribution in [1.29, 1.82) is 0 Å². The van der Waals surface area contributed by atoms with E-state index in [2.05, 4.69) is 4.98 Å². The smallest absolute Gasteiger partial charge is 0.336 e. The third kappa shape index (κ3) is 3.39. The highest BCUT2D eigenvalue weighted by molar-refractivity contribution is 6.31. The first-order valence-corrected chi connectivity index (χ1v) is 8.59. The number of fused-ring (bicyclic) bond motifs is 1. The lowest BCUT2D eigenvalue weighted by Crippen LogP contribution is -2.00. The van der Waals surface area contributed by atoms with E-state index in [9.17, 15) is 14.3 Å². The van der Waals surface area contributed by atoms with Gasteiger partial charge >= 0.3 is 5.97 Å². The Balaban J connectivity index is 1.79. The monoisotopic (exact) mass is 377 g/mol. The molecule has 0 spiro atoms. The number of benzene rings is 3. The number of aromatic nitrogens is 1. The van der Waals surface area contributed by atoms with Crippen molar-refractivity contribution >= 4 is 28.5 Å². The summed E-state index contributed by atoms with van der Waals surface area (Å²) in [5.41, 5.74) is 3.91. The van der Waals surface area contributed by atoms with Crippen LogP contribution in [0.4, 0.5) is 4.39 Å². The molecular weight excluding hydrogens is 365 g/mol. The zero-order valence-corrected chi connectivity index (χ0v) is 14.7. The Hall–Kier alpha value is -3.24. The first-order chi connectivity index (χ1) is 13.0. The molecule has 0 amide bonds. The Kier molecular flexibility index (Phi) is 4.34. The van der Waals surface area contributed by atoms with Crippen LogP contribution >= 0.6 is 11.6 Å². The van der Waals surface area contributed by atoms with Crippen molar-refractivity contribution < 1.29 is 14.3 Å². The summed E-state index contributed by atoms with van der Waals surface area (Å²) in [6, 6.07) is 20.3. The van der Waals surface area contributed by atoms with Crippen molar-refractivity contribution in [2.45, 2.75) is 0 Å². The Labute approximate surface area is 159 Å². The fourth-order valence-corrected chi connectivity index (χ4v) is 3.17. The first-order valence-electron chi connectivity index (χ1n) is 8.21. The fourth-order valence-electron chi connectivity index (χ4n) is 3.00. The van der Waals surface area contributed by atoms with E-state index in [1.807, 2.05) is 24.3 Å². The molecule has 1 heterocycles. The molecule has 0 aliphatic carbocycles. The Morgan fingerprint density at radius 3 is 2.07 bits per heavy atom. The molecule has 0 saturated carbocycles. The molecule has 4 rings (SSSR count).